The van der Waals surface area contributed by atoms with E-state index in [2.05, 4.69) is 20.8 Å². The van der Waals surface area contributed by atoms with E-state index in [-0.39, 0.29) is 52.3 Å². The molecule has 1 heterocycles. The second kappa shape index (κ2) is 9.51. The first-order valence-electron chi connectivity index (χ1n) is 8.08. The quantitative estimate of drug-likeness (QED) is 0.344. The summed E-state index contributed by atoms with van der Waals surface area (Å²) < 4.78 is 40.2. The van der Waals surface area contributed by atoms with E-state index in [1.807, 2.05) is 0 Å². The normalized spacial score (nSPS) is 10.3. The minimum Gasteiger partial charge on any atom is -0.398 e. The van der Waals surface area contributed by atoms with Crippen LogP contribution in [0.5, 0.6) is 0 Å². The number of carbonyl (C=O) groups excluding carboxylic acids is 2. The van der Waals surface area contributed by atoms with Crippen LogP contribution in [-0.2, 0) is 6.54 Å². The molecule has 0 unspecified atom stereocenters. The van der Waals surface area contributed by atoms with Gasteiger partial charge in [-0.3, -0.25) is 14.7 Å². The molecular formula is C18H14Cl2F3N5O2. The lowest BCUT2D eigenvalue weighted by atomic mass is 10.1. The molecule has 0 atom stereocenters. The highest BCUT2D eigenvalue weighted by molar-refractivity contribution is 6.34. The second-order valence-electron chi connectivity index (χ2n) is 5.86. The number of hydrogen-bond donors (Lipinski definition) is 4. The van der Waals surface area contributed by atoms with Crippen molar-refractivity contribution in [2.24, 2.45) is 0 Å². The first kappa shape index (κ1) is 23.0. The number of amides is 2. The van der Waals surface area contributed by atoms with Gasteiger partial charge in [-0.2, -0.15) is 5.10 Å². The number of H-pyrrole nitrogens is 1. The van der Waals surface area contributed by atoms with Gasteiger partial charge >= 0.3 is 0 Å². The summed E-state index contributed by atoms with van der Waals surface area (Å²) >= 11 is 5.74. The summed E-state index contributed by atoms with van der Waals surface area (Å²) in [4.78, 5) is 24.3. The number of nitrogens with zero attached hydrogens (tertiary/aromatic N) is 1. The predicted octanol–water partition coefficient (Wildman–Crippen LogP) is 3.67. The first-order chi connectivity index (χ1) is 13.8. The van der Waals surface area contributed by atoms with Crippen LogP contribution in [0.25, 0.3) is 0 Å². The maximum Gasteiger partial charge on any atom is 0.272 e. The third-order valence-electron chi connectivity index (χ3n) is 3.89. The van der Waals surface area contributed by atoms with Crippen LogP contribution in [0.15, 0.2) is 36.4 Å². The largest absolute Gasteiger partial charge is 0.398 e. The maximum atomic E-state index is 13.7. The number of carbonyl (C=O) groups is 2. The molecule has 7 nitrogen and oxygen atoms in total. The fourth-order valence-electron chi connectivity index (χ4n) is 2.41. The number of nitrogens with two attached hydrogens (primary N) is 1. The van der Waals surface area contributed by atoms with Gasteiger partial charge in [-0.15, -0.1) is 12.4 Å². The Hall–Kier alpha value is -3.24. The minimum absolute atomic E-state index is 0. The van der Waals surface area contributed by atoms with Crippen molar-refractivity contribution in [3.63, 3.8) is 0 Å². The number of nitrogens with one attached hydrogen (secondary N) is 3. The molecule has 2 amide bonds. The Bertz CT molecular complexity index is 1090. The number of rotatable bonds is 5. The van der Waals surface area contributed by atoms with E-state index in [4.69, 9.17) is 17.3 Å². The van der Waals surface area contributed by atoms with Gasteiger partial charge in [0.2, 0.25) is 0 Å². The molecule has 0 radical (unpaired) electrons. The van der Waals surface area contributed by atoms with Crippen LogP contribution in [0.4, 0.5) is 24.7 Å². The van der Waals surface area contributed by atoms with Crippen LogP contribution in [0.2, 0.25) is 5.02 Å². The molecule has 3 aromatic rings. The summed E-state index contributed by atoms with van der Waals surface area (Å²) in [5, 5.41) is 10.6. The van der Waals surface area contributed by atoms with Gasteiger partial charge in [0, 0.05) is 23.9 Å². The Labute approximate surface area is 179 Å². The van der Waals surface area contributed by atoms with Gasteiger partial charge in [0.05, 0.1) is 10.6 Å². The van der Waals surface area contributed by atoms with Crippen molar-refractivity contribution < 1.29 is 22.8 Å². The molecule has 0 spiro atoms. The highest BCUT2D eigenvalue weighted by Gasteiger charge is 2.17. The van der Waals surface area contributed by atoms with E-state index in [0.29, 0.717) is 12.1 Å². The van der Waals surface area contributed by atoms with E-state index < -0.39 is 29.3 Å². The number of anilines is 2. The van der Waals surface area contributed by atoms with Gasteiger partial charge in [0.25, 0.3) is 11.8 Å². The zero-order valence-corrected chi connectivity index (χ0v) is 16.5. The van der Waals surface area contributed by atoms with Crippen molar-refractivity contribution >= 4 is 47.3 Å². The van der Waals surface area contributed by atoms with Crippen LogP contribution >= 0.6 is 24.0 Å². The molecule has 0 aliphatic heterocycles. The van der Waals surface area contributed by atoms with Gasteiger partial charge in [0.15, 0.2) is 17.3 Å². The maximum absolute atomic E-state index is 13.7. The van der Waals surface area contributed by atoms with Crippen molar-refractivity contribution in [3.8, 4) is 0 Å². The lowest BCUT2D eigenvalue weighted by Gasteiger charge is -2.07. The number of aromatic nitrogens is 2. The van der Waals surface area contributed by atoms with Gasteiger partial charge in [-0.05, 0) is 24.3 Å². The van der Waals surface area contributed by atoms with E-state index in [9.17, 15) is 22.8 Å². The average Bonchev–Trinajstić information content (AvgIpc) is 3.12. The van der Waals surface area contributed by atoms with Crippen molar-refractivity contribution in [2.45, 2.75) is 6.54 Å². The van der Waals surface area contributed by atoms with E-state index >= 15 is 0 Å². The van der Waals surface area contributed by atoms with E-state index in [1.54, 1.807) is 0 Å². The van der Waals surface area contributed by atoms with Gasteiger partial charge < -0.3 is 16.4 Å². The topological polar surface area (TPSA) is 113 Å². The van der Waals surface area contributed by atoms with Crippen molar-refractivity contribution in [1.82, 2.24) is 15.5 Å². The smallest absolute Gasteiger partial charge is 0.272 e. The summed E-state index contributed by atoms with van der Waals surface area (Å²) in [6.07, 6.45) is 0. The number of halogens is 5. The lowest BCUT2D eigenvalue weighted by Crippen LogP contribution is -2.24. The van der Waals surface area contributed by atoms with Crippen LogP contribution in [0.1, 0.15) is 26.4 Å². The molecule has 0 saturated carbocycles. The molecule has 3 rings (SSSR count). The minimum atomic E-state index is -1.24. The number of nitrogen functional groups attached to an aromatic ring is 1. The zero-order chi connectivity index (χ0) is 21.1. The summed E-state index contributed by atoms with van der Waals surface area (Å²) in [6, 6.07) is 6.67. The SMILES string of the molecule is Cl.Nc1cccc(F)c1CNC(=O)c1cc(NC(=O)c2cc(F)c(F)cc2Cl)[nH]n1. The zero-order valence-electron chi connectivity index (χ0n) is 14.9. The van der Waals surface area contributed by atoms with Crippen molar-refractivity contribution in [1.29, 1.82) is 0 Å². The number of aromatic amines is 1. The van der Waals surface area contributed by atoms with Crippen molar-refractivity contribution in [3.05, 3.63) is 75.7 Å². The molecule has 158 valence electrons. The molecule has 0 aliphatic rings. The summed E-state index contributed by atoms with van der Waals surface area (Å²) in [5.41, 5.74) is 5.57. The lowest BCUT2D eigenvalue weighted by molar-refractivity contribution is 0.0944. The van der Waals surface area contributed by atoms with Crippen LogP contribution < -0.4 is 16.4 Å². The first-order valence-corrected chi connectivity index (χ1v) is 8.46. The monoisotopic (exact) mass is 459 g/mol. The van der Waals surface area contributed by atoms with Gasteiger partial charge in [0.1, 0.15) is 11.6 Å². The van der Waals surface area contributed by atoms with E-state index in [0.717, 1.165) is 0 Å². The standard InChI is InChI=1S/C18H13ClF3N5O2.ClH/c19-10-5-13(22)12(21)4-8(10)17(28)25-16-6-15(26-27-16)18(29)24-7-9-11(20)2-1-3-14(9)23;/h1-6H,7,23H2,(H,24,29)(H2,25,26,27,28);1H. The fourth-order valence-corrected chi connectivity index (χ4v) is 2.65. The molecule has 0 aliphatic carbocycles. The predicted molar refractivity (Wildman–Crippen MR) is 107 cm³/mol. The molecule has 0 bridgehead atoms. The Morgan fingerprint density at radius 2 is 1.77 bits per heavy atom. The molecule has 5 N–H and O–H groups in total. The van der Waals surface area contributed by atoms with Gasteiger partial charge in [-0.25, -0.2) is 13.2 Å². The Kier molecular flexibility index (Phi) is 7.30. The molecule has 2 aromatic carbocycles. The Morgan fingerprint density at radius 3 is 2.47 bits per heavy atom. The molecule has 12 heteroatoms. The molecular weight excluding hydrogens is 446 g/mol. The number of benzene rings is 2. The van der Waals surface area contributed by atoms with Crippen molar-refractivity contribution in [2.75, 3.05) is 11.1 Å². The third kappa shape index (κ3) is 5.02. The van der Waals surface area contributed by atoms with Crippen LogP contribution in [-0.4, -0.2) is 22.0 Å². The molecule has 30 heavy (non-hydrogen) atoms. The summed E-state index contributed by atoms with van der Waals surface area (Å²) in [7, 11) is 0. The van der Waals surface area contributed by atoms with Gasteiger partial charge in [-0.1, -0.05) is 17.7 Å². The number of hydrogen-bond acceptors (Lipinski definition) is 4. The summed E-state index contributed by atoms with van der Waals surface area (Å²) in [6.45, 7) is -0.170. The fraction of sp³-hybridized carbons (Fsp3) is 0.0556. The third-order valence-corrected chi connectivity index (χ3v) is 4.21. The second-order valence-corrected chi connectivity index (χ2v) is 6.26. The molecule has 0 fully saturated rings. The Balaban J connectivity index is 0.00000320. The van der Waals surface area contributed by atoms with Crippen LogP contribution in [0.3, 0.4) is 0 Å². The Morgan fingerprint density at radius 1 is 1.07 bits per heavy atom. The average molecular weight is 460 g/mol. The molecule has 1 aromatic heterocycles. The highest BCUT2D eigenvalue weighted by Crippen LogP contribution is 2.21. The van der Waals surface area contributed by atoms with Crippen LogP contribution in [0, 0.1) is 17.5 Å². The highest BCUT2D eigenvalue weighted by atomic mass is 35.5. The molecule has 0 saturated heterocycles. The van der Waals surface area contributed by atoms with E-state index in [1.165, 1.54) is 24.3 Å². The summed E-state index contributed by atoms with van der Waals surface area (Å²) in [5.74, 6) is -4.49.